The van der Waals surface area contributed by atoms with E-state index in [9.17, 15) is 0 Å². The van der Waals surface area contributed by atoms with E-state index in [4.69, 9.17) is 16.9 Å². The van der Waals surface area contributed by atoms with E-state index in [0.29, 0.717) is 22.2 Å². The minimum absolute atomic E-state index is 0.309. The molecule has 0 amide bonds. The molecule has 1 aromatic carbocycles. The number of hydrogen-bond acceptors (Lipinski definition) is 4. The third-order valence-electron chi connectivity index (χ3n) is 2.83. The molecule has 1 aromatic heterocycles. The molecule has 0 fully saturated rings. The lowest BCUT2D eigenvalue weighted by Crippen LogP contribution is -2.23. The average molecular weight is 276 g/mol. The summed E-state index contributed by atoms with van der Waals surface area (Å²) < 4.78 is 0. The molecule has 0 atom stereocenters. The normalized spacial score (nSPS) is 10.2. The molecule has 0 aliphatic rings. The first-order valence-corrected chi connectivity index (χ1v) is 6.46. The van der Waals surface area contributed by atoms with E-state index in [1.165, 1.54) is 4.80 Å². The molecule has 0 unspecified atom stereocenters. The monoisotopic (exact) mass is 275 g/mol. The van der Waals surface area contributed by atoms with Gasteiger partial charge in [0.05, 0.1) is 5.02 Å². The van der Waals surface area contributed by atoms with Gasteiger partial charge in [0.25, 0.3) is 0 Å². The second-order valence-electron chi connectivity index (χ2n) is 3.90. The summed E-state index contributed by atoms with van der Waals surface area (Å²) in [6, 6.07) is 9.35. The topological polar surface area (TPSA) is 57.7 Å². The molecule has 0 saturated heterocycles. The van der Waals surface area contributed by atoms with Crippen molar-refractivity contribution >= 4 is 17.4 Å². The van der Waals surface area contributed by atoms with Crippen LogP contribution in [0.5, 0.6) is 0 Å². The van der Waals surface area contributed by atoms with Gasteiger partial charge in [0.15, 0.2) is 5.82 Å². The molecule has 6 heteroatoms. The van der Waals surface area contributed by atoms with Crippen LogP contribution in [0.2, 0.25) is 5.02 Å². The molecule has 0 bridgehead atoms. The first-order chi connectivity index (χ1) is 9.21. The average Bonchev–Trinajstić information content (AvgIpc) is 2.85. The lowest BCUT2D eigenvalue weighted by molar-refractivity contribution is 0.738. The molecule has 2 aromatic rings. The Labute approximate surface area is 117 Å². The van der Waals surface area contributed by atoms with Crippen LogP contribution in [0, 0.1) is 11.3 Å². The number of rotatable bonds is 4. The Hall–Kier alpha value is -2.06. The maximum Gasteiger partial charge on any atom is 0.207 e. The van der Waals surface area contributed by atoms with Crippen LogP contribution in [0.25, 0.3) is 5.69 Å². The van der Waals surface area contributed by atoms with Gasteiger partial charge in [-0.05, 0) is 26.0 Å². The Morgan fingerprint density at radius 3 is 2.53 bits per heavy atom. The first-order valence-electron chi connectivity index (χ1n) is 6.08. The molecule has 0 N–H and O–H groups in total. The second-order valence-corrected chi connectivity index (χ2v) is 4.30. The number of halogens is 1. The molecule has 1 heterocycles. The molecule has 0 aliphatic carbocycles. The Morgan fingerprint density at radius 1 is 1.26 bits per heavy atom. The third kappa shape index (κ3) is 2.54. The first kappa shape index (κ1) is 13.4. The van der Waals surface area contributed by atoms with Gasteiger partial charge in [0.2, 0.25) is 5.69 Å². The molecule has 0 aliphatic heterocycles. The SMILES string of the molecule is CCN(CC)c1nn(-c2ccccc2Cl)nc1C#N. The van der Waals surface area contributed by atoms with Crippen molar-refractivity contribution in [3.8, 4) is 11.8 Å². The molecule has 98 valence electrons. The number of nitriles is 1. The van der Waals surface area contributed by atoms with Gasteiger partial charge in [-0.2, -0.15) is 5.26 Å². The number of para-hydroxylation sites is 1. The zero-order valence-corrected chi connectivity index (χ0v) is 11.6. The van der Waals surface area contributed by atoms with Crippen LogP contribution in [-0.4, -0.2) is 28.1 Å². The Morgan fingerprint density at radius 2 is 1.95 bits per heavy atom. The molecular weight excluding hydrogens is 262 g/mol. The summed E-state index contributed by atoms with van der Waals surface area (Å²) in [7, 11) is 0. The second kappa shape index (κ2) is 5.72. The van der Waals surface area contributed by atoms with Crippen LogP contribution >= 0.6 is 11.6 Å². The Balaban J connectivity index is 2.51. The van der Waals surface area contributed by atoms with Crippen LogP contribution in [0.4, 0.5) is 5.82 Å². The zero-order chi connectivity index (χ0) is 13.8. The van der Waals surface area contributed by atoms with Crippen molar-refractivity contribution < 1.29 is 0 Å². The van der Waals surface area contributed by atoms with E-state index in [1.807, 2.05) is 36.9 Å². The van der Waals surface area contributed by atoms with E-state index in [1.54, 1.807) is 6.07 Å². The fraction of sp³-hybridized carbons (Fsp3) is 0.308. The minimum Gasteiger partial charge on any atom is -0.353 e. The molecular formula is C13H14ClN5. The molecule has 0 radical (unpaired) electrons. The summed E-state index contributed by atoms with van der Waals surface area (Å²) in [4.78, 5) is 3.40. The fourth-order valence-corrected chi connectivity index (χ4v) is 2.04. The van der Waals surface area contributed by atoms with Crippen molar-refractivity contribution in [1.29, 1.82) is 5.26 Å². The van der Waals surface area contributed by atoms with Gasteiger partial charge in [-0.25, -0.2) is 0 Å². The van der Waals surface area contributed by atoms with E-state index in [0.717, 1.165) is 13.1 Å². The number of anilines is 1. The predicted molar refractivity (Wildman–Crippen MR) is 74.6 cm³/mol. The number of nitrogens with zero attached hydrogens (tertiary/aromatic N) is 5. The molecule has 0 spiro atoms. The van der Waals surface area contributed by atoms with Crippen LogP contribution in [0.3, 0.4) is 0 Å². The highest BCUT2D eigenvalue weighted by molar-refractivity contribution is 6.32. The van der Waals surface area contributed by atoms with Crippen molar-refractivity contribution in [2.45, 2.75) is 13.8 Å². The van der Waals surface area contributed by atoms with Gasteiger partial charge in [0, 0.05) is 13.1 Å². The number of benzene rings is 1. The van der Waals surface area contributed by atoms with Crippen LogP contribution in [0.15, 0.2) is 24.3 Å². The zero-order valence-electron chi connectivity index (χ0n) is 10.8. The van der Waals surface area contributed by atoms with Crippen LogP contribution in [0.1, 0.15) is 19.5 Å². The minimum atomic E-state index is 0.309. The standard InChI is InChI=1S/C13H14ClN5/c1-3-18(4-2)13-11(9-15)16-19(17-13)12-8-6-5-7-10(12)14/h5-8H,3-4H2,1-2H3. The summed E-state index contributed by atoms with van der Waals surface area (Å²) in [5.41, 5.74) is 0.975. The highest BCUT2D eigenvalue weighted by Crippen LogP contribution is 2.21. The van der Waals surface area contributed by atoms with Crippen LogP contribution in [-0.2, 0) is 0 Å². The predicted octanol–water partition coefficient (Wildman–Crippen LogP) is 2.64. The molecule has 0 saturated carbocycles. The lowest BCUT2D eigenvalue weighted by atomic mass is 10.3. The molecule has 2 rings (SSSR count). The smallest absolute Gasteiger partial charge is 0.207 e. The summed E-state index contributed by atoms with van der Waals surface area (Å²) in [6.45, 7) is 5.57. The maximum atomic E-state index is 9.16. The maximum absolute atomic E-state index is 9.16. The van der Waals surface area contributed by atoms with Gasteiger partial charge in [0.1, 0.15) is 11.8 Å². The van der Waals surface area contributed by atoms with E-state index in [-0.39, 0.29) is 0 Å². The number of aromatic nitrogens is 3. The van der Waals surface area contributed by atoms with Crippen molar-refractivity contribution in [2.24, 2.45) is 0 Å². The van der Waals surface area contributed by atoms with Gasteiger partial charge < -0.3 is 4.90 Å². The van der Waals surface area contributed by atoms with Gasteiger partial charge in [-0.3, -0.25) is 0 Å². The summed E-state index contributed by atoms with van der Waals surface area (Å²) in [5, 5.41) is 18.3. The summed E-state index contributed by atoms with van der Waals surface area (Å²) in [5.74, 6) is 0.590. The van der Waals surface area contributed by atoms with Gasteiger partial charge >= 0.3 is 0 Å². The van der Waals surface area contributed by atoms with E-state index >= 15 is 0 Å². The van der Waals surface area contributed by atoms with Gasteiger partial charge in [-0.15, -0.1) is 15.0 Å². The van der Waals surface area contributed by atoms with E-state index in [2.05, 4.69) is 16.3 Å². The third-order valence-corrected chi connectivity index (χ3v) is 3.15. The Bertz CT molecular complexity index is 610. The summed E-state index contributed by atoms with van der Waals surface area (Å²) in [6.07, 6.45) is 0. The quantitative estimate of drug-likeness (QED) is 0.861. The van der Waals surface area contributed by atoms with Crippen molar-refractivity contribution in [3.63, 3.8) is 0 Å². The number of hydrogen-bond donors (Lipinski definition) is 0. The highest BCUT2D eigenvalue weighted by atomic mass is 35.5. The molecule has 5 nitrogen and oxygen atoms in total. The van der Waals surface area contributed by atoms with Crippen molar-refractivity contribution in [3.05, 3.63) is 35.0 Å². The summed E-state index contributed by atoms with van der Waals surface area (Å²) >= 11 is 6.11. The van der Waals surface area contributed by atoms with Crippen molar-refractivity contribution in [1.82, 2.24) is 15.0 Å². The fourth-order valence-electron chi connectivity index (χ4n) is 1.83. The van der Waals surface area contributed by atoms with Crippen LogP contribution < -0.4 is 4.90 Å². The largest absolute Gasteiger partial charge is 0.353 e. The molecule has 19 heavy (non-hydrogen) atoms. The Kier molecular flexibility index (Phi) is 4.03. The lowest BCUT2D eigenvalue weighted by Gasteiger charge is -2.16. The van der Waals surface area contributed by atoms with Gasteiger partial charge in [-0.1, -0.05) is 23.7 Å². The van der Waals surface area contributed by atoms with E-state index < -0.39 is 0 Å². The highest BCUT2D eigenvalue weighted by Gasteiger charge is 2.17. The van der Waals surface area contributed by atoms with Crippen molar-refractivity contribution in [2.75, 3.05) is 18.0 Å².